The van der Waals surface area contributed by atoms with Crippen LogP contribution in [0.3, 0.4) is 0 Å². The Labute approximate surface area is 97.1 Å². The van der Waals surface area contributed by atoms with E-state index >= 15 is 0 Å². The highest BCUT2D eigenvalue weighted by Gasteiger charge is 2.49. The largest absolute Gasteiger partial charge is 0.444 e. The number of alkyl carbamates (subject to hydrolysis) is 1. The molecule has 1 saturated carbocycles. The van der Waals surface area contributed by atoms with Crippen molar-refractivity contribution in [3.8, 4) is 0 Å². The van der Waals surface area contributed by atoms with Gasteiger partial charge in [0, 0.05) is 18.5 Å². The van der Waals surface area contributed by atoms with Gasteiger partial charge in [-0.1, -0.05) is 0 Å². The molecule has 1 heterocycles. The highest BCUT2D eigenvalue weighted by Crippen LogP contribution is 2.48. The van der Waals surface area contributed by atoms with Crippen molar-refractivity contribution in [1.29, 1.82) is 0 Å². The van der Waals surface area contributed by atoms with E-state index in [4.69, 9.17) is 4.74 Å². The molecular weight excluding hydrogens is 204 g/mol. The second-order valence-electron chi connectivity index (χ2n) is 6.08. The maximum atomic E-state index is 11.5. The molecule has 4 heteroatoms. The summed E-state index contributed by atoms with van der Waals surface area (Å²) in [6.45, 7) is 8.54. The van der Waals surface area contributed by atoms with Gasteiger partial charge in [-0.25, -0.2) is 4.79 Å². The summed E-state index contributed by atoms with van der Waals surface area (Å²) in [4.78, 5) is 11.5. The lowest BCUT2D eigenvalue weighted by molar-refractivity contribution is 0.0397. The summed E-state index contributed by atoms with van der Waals surface area (Å²) in [5.74, 6) is 0.752. The van der Waals surface area contributed by atoms with Crippen LogP contribution >= 0.6 is 0 Å². The lowest BCUT2D eigenvalue weighted by Crippen LogP contribution is -2.49. The SMILES string of the molecule is CC(C)(C)OC(=O)NCC12CCC1CNC2. The van der Waals surface area contributed by atoms with Gasteiger partial charge in [-0.15, -0.1) is 0 Å². The van der Waals surface area contributed by atoms with Gasteiger partial charge in [-0.3, -0.25) is 0 Å². The summed E-state index contributed by atoms with van der Waals surface area (Å²) in [6.07, 6.45) is 2.23. The fraction of sp³-hybridized carbons (Fsp3) is 0.917. The van der Waals surface area contributed by atoms with E-state index < -0.39 is 5.60 Å². The van der Waals surface area contributed by atoms with Crippen LogP contribution in [0.15, 0.2) is 0 Å². The predicted octanol–water partition coefficient (Wildman–Crippen LogP) is 1.51. The van der Waals surface area contributed by atoms with Crippen LogP contribution in [-0.2, 0) is 4.74 Å². The number of hydrogen-bond donors (Lipinski definition) is 2. The molecule has 16 heavy (non-hydrogen) atoms. The molecule has 4 nitrogen and oxygen atoms in total. The summed E-state index contributed by atoms with van der Waals surface area (Å²) >= 11 is 0. The quantitative estimate of drug-likeness (QED) is 0.750. The van der Waals surface area contributed by atoms with Gasteiger partial charge in [-0.2, -0.15) is 0 Å². The molecule has 0 bridgehead atoms. The maximum absolute atomic E-state index is 11.5. The Bertz CT molecular complexity index is 285. The molecule has 0 aromatic heterocycles. The first kappa shape index (κ1) is 11.7. The molecule has 2 aliphatic rings. The summed E-state index contributed by atoms with van der Waals surface area (Å²) in [7, 11) is 0. The van der Waals surface area contributed by atoms with Gasteiger partial charge in [0.05, 0.1) is 0 Å². The zero-order valence-electron chi connectivity index (χ0n) is 10.4. The Kier molecular flexibility index (Phi) is 2.86. The minimum Gasteiger partial charge on any atom is -0.444 e. The molecule has 2 rings (SSSR count). The van der Waals surface area contributed by atoms with Crippen molar-refractivity contribution in [2.45, 2.75) is 39.2 Å². The van der Waals surface area contributed by atoms with Crippen molar-refractivity contribution in [3.63, 3.8) is 0 Å². The third kappa shape index (κ3) is 2.32. The first-order chi connectivity index (χ1) is 7.41. The summed E-state index contributed by atoms with van der Waals surface area (Å²) in [6, 6.07) is 0. The van der Waals surface area contributed by atoms with Gasteiger partial charge in [0.2, 0.25) is 0 Å². The van der Waals surface area contributed by atoms with Gasteiger partial charge in [0.25, 0.3) is 0 Å². The van der Waals surface area contributed by atoms with E-state index in [1.165, 1.54) is 12.8 Å². The molecule has 0 aromatic carbocycles. The third-order valence-corrected chi connectivity index (χ3v) is 3.71. The molecule has 2 fully saturated rings. The number of fused-ring (bicyclic) bond motifs is 1. The fourth-order valence-electron chi connectivity index (χ4n) is 2.66. The van der Waals surface area contributed by atoms with Crippen LogP contribution in [0.2, 0.25) is 0 Å². The molecule has 1 saturated heterocycles. The Balaban J connectivity index is 1.77. The van der Waals surface area contributed by atoms with Gasteiger partial charge in [-0.05, 0) is 46.1 Å². The molecule has 0 spiro atoms. The van der Waals surface area contributed by atoms with Crippen molar-refractivity contribution in [1.82, 2.24) is 10.6 Å². The molecule has 1 amide bonds. The molecule has 0 aromatic rings. The fourth-order valence-corrected chi connectivity index (χ4v) is 2.66. The minimum atomic E-state index is -0.408. The highest BCUT2D eigenvalue weighted by atomic mass is 16.6. The zero-order valence-corrected chi connectivity index (χ0v) is 10.4. The number of hydrogen-bond acceptors (Lipinski definition) is 3. The van der Waals surface area contributed by atoms with Crippen LogP contribution in [0.1, 0.15) is 33.6 Å². The normalized spacial score (nSPS) is 32.8. The van der Waals surface area contributed by atoms with E-state index in [0.29, 0.717) is 5.41 Å². The molecule has 2 N–H and O–H groups in total. The Morgan fingerprint density at radius 2 is 2.31 bits per heavy atom. The van der Waals surface area contributed by atoms with E-state index in [-0.39, 0.29) is 6.09 Å². The van der Waals surface area contributed by atoms with Crippen LogP contribution < -0.4 is 10.6 Å². The van der Waals surface area contributed by atoms with Gasteiger partial charge in [0.15, 0.2) is 0 Å². The monoisotopic (exact) mass is 226 g/mol. The van der Waals surface area contributed by atoms with Crippen molar-refractivity contribution < 1.29 is 9.53 Å². The van der Waals surface area contributed by atoms with Gasteiger partial charge < -0.3 is 15.4 Å². The molecule has 1 aliphatic heterocycles. The number of ether oxygens (including phenoxy) is 1. The Hall–Kier alpha value is -0.770. The third-order valence-electron chi connectivity index (χ3n) is 3.71. The second kappa shape index (κ2) is 3.91. The molecule has 2 atom stereocenters. The molecule has 92 valence electrons. The zero-order chi connectivity index (χ0) is 11.8. The van der Waals surface area contributed by atoms with Crippen LogP contribution in [0.4, 0.5) is 4.79 Å². The topological polar surface area (TPSA) is 50.4 Å². The average molecular weight is 226 g/mol. The highest BCUT2D eigenvalue weighted by molar-refractivity contribution is 5.67. The summed E-state index contributed by atoms with van der Waals surface area (Å²) in [5, 5.41) is 6.31. The van der Waals surface area contributed by atoms with E-state index in [1.807, 2.05) is 20.8 Å². The van der Waals surface area contributed by atoms with Crippen LogP contribution in [-0.4, -0.2) is 31.3 Å². The smallest absolute Gasteiger partial charge is 0.407 e. The van der Waals surface area contributed by atoms with Crippen molar-refractivity contribution in [2.24, 2.45) is 11.3 Å². The van der Waals surface area contributed by atoms with E-state index in [2.05, 4.69) is 10.6 Å². The standard InChI is InChI=1S/C12H22N2O2/c1-11(2,3)16-10(15)14-8-12-5-4-9(12)6-13-7-12/h9,13H,4-8H2,1-3H3,(H,14,15). The Morgan fingerprint density at radius 3 is 2.81 bits per heavy atom. The molecule has 2 unspecified atom stereocenters. The van der Waals surface area contributed by atoms with Crippen LogP contribution in [0.25, 0.3) is 0 Å². The summed E-state index contributed by atoms with van der Waals surface area (Å²) < 4.78 is 5.23. The Morgan fingerprint density at radius 1 is 1.56 bits per heavy atom. The molecular formula is C12H22N2O2. The lowest BCUT2D eigenvalue weighted by Gasteiger charge is -2.44. The second-order valence-corrected chi connectivity index (χ2v) is 6.08. The molecule has 1 aliphatic carbocycles. The van der Waals surface area contributed by atoms with Crippen LogP contribution in [0, 0.1) is 11.3 Å². The number of carbonyl (C=O) groups excluding carboxylic acids is 1. The maximum Gasteiger partial charge on any atom is 0.407 e. The van der Waals surface area contributed by atoms with Crippen molar-refractivity contribution in [2.75, 3.05) is 19.6 Å². The number of carbonyl (C=O) groups is 1. The number of rotatable bonds is 2. The van der Waals surface area contributed by atoms with E-state index in [9.17, 15) is 4.79 Å². The lowest BCUT2D eigenvalue weighted by atomic mass is 9.62. The number of amides is 1. The number of nitrogens with one attached hydrogen (secondary N) is 2. The van der Waals surface area contributed by atoms with Gasteiger partial charge in [0.1, 0.15) is 5.60 Å². The first-order valence-corrected chi connectivity index (χ1v) is 6.09. The molecule has 0 radical (unpaired) electrons. The predicted molar refractivity (Wildman–Crippen MR) is 62.3 cm³/mol. The summed E-state index contributed by atoms with van der Waals surface area (Å²) in [5.41, 5.74) is -0.0917. The van der Waals surface area contributed by atoms with Crippen molar-refractivity contribution >= 4 is 6.09 Å². The van der Waals surface area contributed by atoms with E-state index in [0.717, 1.165) is 25.6 Å². The van der Waals surface area contributed by atoms with Crippen LogP contribution in [0.5, 0.6) is 0 Å². The average Bonchev–Trinajstić information content (AvgIpc) is 2.37. The first-order valence-electron chi connectivity index (χ1n) is 6.09. The van der Waals surface area contributed by atoms with Gasteiger partial charge >= 0.3 is 6.09 Å². The minimum absolute atomic E-state index is 0.292. The van der Waals surface area contributed by atoms with Crippen molar-refractivity contribution in [3.05, 3.63) is 0 Å². The van der Waals surface area contributed by atoms with E-state index in [1.54, 1.807) is 0 Å².